The summed E-state index contributed by atoms with van der Waals surface area (Å²) in [4.78, 5) is 22.6. The minimum Gasteiger partial charge on any atom is -0.326 e. The van der Waals surface area contributed by atoms with Crippen LogP contribution in [0.5, 0.6) is 0 Å². The lowest BCUT2D eigenvalue weighted by atomic mass is 9.97. The quantitative estimate of drug-likeness (QED) is 0.568. The third kappa shape index (κ3) is 4.46. The van der Waals surface area contributed by atoms with E-state index >= 15 is 0 Å². The first kappa shape index (κ1) is 21.8. The molecular weight excluding hydrogens is 420 g/mol. The van der Waals surface area contributed by atoms with E-state index in [1.54, 1.807) is 6.92 Å². The lowest BCUT2D eigenvalue weighted by Crippen LogP contribution is -2.41. The van der Waals surface area contributed by atoms with Crippen molar-refractivity contribution in [2.24, 2.45) is 5.92 Å². The van der Waals surface area contributed by atoms with Crippen LogP contribution < -0.4 is 5.32 Å². The Bertz CT molecular complexity index is 1100. The number of nitrogens with one attached hydrogen (secondary N) is 1. The lowest BCUT2D eigenvalue weighted by Gasteiger charge is -2.30. The summed E-state index contributed by atoms with van der Waals surface area (Å²) in [7, 11) is -3.96. The summed E-state index contributed by atoms with van der Waals surface area (Å²) in [5, 5.41) is 13.5. The number of benzene rings is 2. The molecule has 3 rings (SSSR count). The Morgan fingerprint density at radius 2 is 1.80 bits per heavy atom. The number of piperidine rings is 1. The van der Waals surface area contributed by atoms with Gasteiger partial charge in [-0.25, -0.2) is 17.2 Å². The summed E-state index contributed by atoms with van der Waals surface area (Å²) in [5.74, 6) is -3.02. The summed E-state index contributed by atoms with van der Waals surface area (Å²) in [6, 6.07) is 6.67. The first-order valence-electron chi connectivity index (χ1n) is 9.10. The molecule has 11 heteroatoms. The van der Waals surface area contributed by atoms with Gasteiger partial charge in [-0.2, -0.15) is 4.31 Å². The number of anilines is 1. The first-order valence-corrected chi connectivity index (χ1v) is 10.5. The number of non-ortho nitro benzene ring substituents is 1. The van der Waals surface area contributed by atoms with Gasteiger partial charge >= 0.3 is 0 Å². The Morgan fingerprint density at radius 1 is 1.13 bits per heavy atom. The second-order valence-corrected chi connectivity index (χ2v) is 8.91. The van der Waals surface area contributed by atoms with Gasteiger partial charge in [0.1, 0.15) is 0 Å². The predicted octanol–water partition coefficient (Wildman–Crippen LogP) is 3.22. The second-order valence-electron chi connectivity index (χ2n) is 7.00. The Kier molecular flexibility index (Phi) is 6.13. The lowest BCUT2D eigenvalue weighted by molar-refractivity contribution is -0.385. The maximum atomic E-state index is 13.3. The van der Waals surface area contributed by atoms with Crippen LogP contribution in [0.15, 0.2) is 41.3 Å². The van der Waals surface area contributed by atoms with Gasteiger partial charge in [0.15, 0.2) is 11.6 Å². The van der Waals surface area contributed by atoms with Gasteiger partial charge < -0.3 is 5.32 Å². The third-order valence-corrected chi connectivity index (χ3v) is 7.05. The van der Waals surface area contributed by atoms with E-state index in [9.17, 15) is 32.1 Å². The van der Waals surface area contributed by atoms with Crippen LogP contribution in [0.4, 0.5) is 20.2 Å². The zero-order valence-corrected chi connectivity index (χ0v) is 16.8. The molecule has 1 aliphatic heterocycles. The van der Waals surface area contributed by atoms with E-state index in [4.69, 9.17) is 0 Å². The van der Waals surface area contributed by atoms with Crippen molar-refractivity contribution in [2.75, 3.05) is 18.4 Å². The molecule has 0 aliphatic carbocycles. The highest BCUT2D eigenvalue weighted by Crippen LogP contribution is 2.29. The smallest absolute Gasteiger partial charge is 0.270 e. The number of amides is 1. The average molecular weight is 439 g/mol. The Labute approximate surface area is 171 Å². The number of carbonyl (C=O) groups excluding carboxylic acids is 1. The second kappa shape index (κ2) is 8.44. The van der Waals surface area contributed by atoms with Gasteiger partial charge in [0.05, 0.1) is 9.82 Å². The van der Waals surface area contributed by atoms with E-state index in [1.165, 1.54) is 22.5 Å². The van der Waals surface area contributed by atoms with Crippen molar-refractivity contribution in [1.82, 2.24) is 4.31 Å². The summed E-state index contributed by atoms with van der Waals surface area (Å²) >= 11 is 0. The zero-order chi connectivity index (χ0) is 22.1. The monoisotopic (exact) mass is 439 g/mol. The van der Waals surface area contributed by atoms with E-state index in [0.717, 1.165) is 18.2 Å². The molecule has 0 aromatic heterocycles. The Morgan fingerprint density at radius 3 is 2.40 bits per heavy atom. The number of carbonyl (C=O) groups is 1. The van der Waals surface area contributed by atoms with Crippen LogP contribution in [0, 0.1) is 34.6 Å². The average Bonchev–Trinajstić information content (AvgIpc) is 2.70. The topological polar surface area (TPSA) is 110 Å². The number of nitrogens with zero attached hydrogens (tertiary/aromatic N) is 2. The van der Waals surface area contributed by atoms with Gasteiger partial charge in [-0.15, -0.1) is 0 Å². The highest BCUT2D eigenvalue weighted by atomic mass is 32.2. The van der Waals surface area contributed by atoms with Gasteiger partial charge in [0.2, 0.25) is 15.9 Å². The summed E-state index contributed by atoms with van der Waals surface area (Å²) in [6.45, 7) is 1.67. The molecule has 1 aliphatic rings. The molecule has 0 atom stereocenters. The SMILES string of the molecule is Cc1ccc([N+](=O)[O-])cc1S(=O)(=O)N1CCC(C(=O)Nc2ccc(F)c(F)c2)CC1. The molecule has 0 bridgehead atoms. The largest absolute Gasteiger partial charge is 0.326 e. The van der Waals surface area contributed by atoms with E-state index < -0.39 is 38.4 Å². The molecule has 160 valence electrons. The molecule has 1 amide bonds. The molecular formula is C19H19F2N3O5S. The van der Waals surface area contributed by atoms with Crippen molar-refractivity contribution in [3.63, 3.8) is 0 Å². The standard InChI is InChI=1S/C19H19F2N3O5S/c1-12-2-4-15(24(26)27)11-18(12)30(28,29)23-8-6-13(7-9-23)19(25)22-14-3-5-16(20)17(21)10-14/h2-5,10-11,13H,6-9H2,1H3,(H,22,25). The third-order valence-electron chi connectivity index (χ3n) is 5.01. The van der Waals surface area contributed by atoms with E-state index in [2.05, 4.69) is 5.32 Å². The van der Waals surface area contributed by atoms with Crippen molar-refractivity contribution < 1.29 is 26.9 Å². The summed E-state index contributed by atoms with van der Waals surface area (Å²) in [5.41, 5.74) is 0.181. The number of aryl methyl sites for hydroxylation is 1. The number of hydrogen-bond donors (Lipinski definition) is 1. The molecule has 0 spiro atoms. The molecule has 0 unspecified atom stereocenters. The number of sulfonamides is 1. The maximum Gasteiger partial charge on any atom is 0.270 e. The van der Waals surface area contributed by atoms with Crippen LogP contribution in [-0.2, 0) is 14.8 Å². The van der Waals surface area contributed by atoms with Crippen LogP contribution >= 0.6 is 0 Å². The molecule has 1 fully saturated rings. The van der Waals surface area contributed by atoms with Gasteiger partial charge in [-0.3, -0.25) is 14.9 Å². The van der Waals surface area contributed by atoms with Crippen LogP contribution in [0.25, 0.3) is 0 Å². The highest BCUT2D eigenvalue weighted by Gasteiger charge is 2.33. The Balaban J connectivity index is 1.68. The van der Waals surface area contributed by atoms with Crippen molar-refractivity contribution in [3.05, 3.63) is 63.7 Å². The normalized spacial score (nSPS) is 15.7. The molecule has 1 N–H and O–H groups in total. The number of hydrogen-bond acceptors (Lipinski definition) is 5. The maximum absolute atomic E-state index is 13.3. The van der Waals surface area contributed by atoms with Crippen LogP contribution in [-0.4, -0.2) is 36.6 Å². The van der Waals surface area contributed by atoms with Crippen LogP contribution in [0.2, 0.25) is 0 Å². The number of nitro groups is 1. The Hall–Kier alpha value is -2.92. The van der Waals surface area contributed by atoms with Crippen LogP contribution in [0.1, 0.15) is 18.4 Å². The van der Waals surface area contributed by atoms with Gasteiger partial charge in [-0.1, -0.05) is 6.07 Å². The highest BCUT2D eigenvalue weighted by molar-refractivity contribution is 7.89. The van der Waals surface area contributed by atoms with Crippen molar-refractivity contribution in [3.8, 4) is 0 Å². The molecule has 1 heterocycles. The zero-order valence-electron chi connectivity index (χ0n) is 16.0. The molecule has 8 nitrogen and oxygen atoms in total. The molecule has 0 saturated carbocycles. The van der Waals surface area contributed by atoms with Crippen molar-refractivity contribution in [1.29, 1.82) is 0 Å². The van der Waals surface area contributed by atoms with Crippen molar-refractivity contribution in [2.45, 2.75) is 24.7 Å². The molecule has 0 radical (unpaired) electrons. The first-order chi connectivity index (χ1) is 14.1. The number of halogens is 2. The van der Waals surface area contributed by atoms with Gasteiger partial charge in [0, 0.05) is 42.9 Å². The van der Waals surface area contributed by atoms with E-state index in [1.807, 2.05) is 0 Å². The summed E-state index contributed by atoms with van der Waals surface area (Å²) in [6.07, 6.45) is 0.450. The minimum atomic E-state index is -3.96. The number of nitro benzene ring substituents is 1. The fourth-order valence-corrected chi connectivity index (χ4v) is 5.01. The van der Waals surface area contributed by atoms with Gasteiger partial charge in [-0.05, 0) is 37.5 Å². The molecule has 30 heavy (non-hydrogen) atoms. The molecule has 1 saturated heterocycles. The fraction of sp³-hybridized carbons (Fsp3) is 0.316. The minimum absolute atomic E-state index is 0.0559. The van der Waals surface area contributed by atoms with E-state index in [0.29, 0.717) is 5.56 Å². The molecule has 2 aromatic carbocycles. The van der Waals surface area contributed by atoms with Crippen molar-refractivity contribution >= 4 is 27.3 Å². The summed E-state index contributed by atoms with van der Waals surface area (Å²) < 4.78 is 53.4. The number of rotatable bonds is 5. The fourth-order valence-electron chi connectivity index (χ4n) is 3.30. The molecule has 2 aromatic rings. The van der Waals surface area contributed by atoms with Crippen LogP contribution in [0.3, 0.4) is 0 Å². The van der Waals surface area contributed by atoms with Gasteiger partial charge in [0.25, 0.3) is 5.69 Å². The van der Waals surface area contributed by atoms with E-state index in [-0.39, 0.29) is 42.2 Å². The predicted molar refractivity (Wildman–Crippen MR) is 104 cm³/mol.